The van der Waals surface area contributed by atoms with Crippen molar-refractivity contribution >= 4 is 22.5 Å². The molecular formula is C16H22OSn. The van der Waals surface area contributed by atoms with Gasteiger partial charge in [0.2, 0.25) is 0 Å². The fourth-order valence-corrected chi connectivity index (χ4v) is 3.63. The molecule has 1 atom stereocenters. The summed E-state index contributed by atoms with van der Waals surface area (Å²) in [5.41, 5.74) is 2.77. The average molecular weight is 349 g/mol. The summed E-state index contributed by atoms with van der Waals surface area (Å²) in [5.74, 6) is 0. The molecule has 0 aromatic carbocycles. The van der Waals surface area contributed by atoms with E-state index in [4.69, 9.17) is 4.74 Å². The molecule has 18 heavy (non-hydrogen) atoms. The minimum atomic E-state index is -0.110. The quantitative estimate of drug-likeness (QED) is 0.706. The molecule has 0 amide bonds. The van der Waals surface area contributed by atoms with Crippen LogP contribution in [0.4, 0.5) is 0 Å². The second-order valence-electron chi connectivity index (χ2n) is 5.48. The van der Waals surface area contributed by atoms with Crippen LogP contribution in [0, 0.1) is 0 Å². The van der Waals surface area contributed by atoms with Crippen LogP contribution in [0.2, 0.25) is 0 Å². The molecule has 0 heterocycles. The van der Waals surface area contributed by atoms with Gasteiger partial charge in [-0.25, -0.2) is 0 Å². The number of hydrogen-bond donors (Lipinski definition) is 0. The van der Waals surface area contributed by atoms with Crippen LogP contribution < -0.4 is 0 Å². The SMILES string of the molecule is CC1=CC=CCC1(CC1=[C]([SnH])CC=C1)OC(C)C. The van der Waals surface area contributed by atoms with Crippen molar-refractivity contribution in [3.05, 3.63) is 45.1 Å². The first kappa shape index (κ1) is 14.1. The second-order valence-corrected chi connectivity index (χ2v) is 7.47. The van der Waals surface area contributed by atoms with Crippen molar-refractivity contribution in [1.82, 2.24) is 0 Å². The van der Waals surface area contributed by atoms with Gasteiger partial charge in [-0.05, 0) is 0 Å². The maximum absolute atomic E-state index is 6.33. The van der Waals surface area contributed by atoms with Crippen LogP contribution in [0.5, 0.6) is 0 Å². The first-order chi connectivity index (χ1) is 8.53. The zero-order chi connectivity index (χ0) is 13.2. The van der Waals surface area contributed by atoms with Gasteiger partial charge >= 0.3 is 124 Å². The van der Waals surface area contributed by atoms with Gasteiger partial charge in [-0.15, -0.1) is 0 Å². The topological polar surface area (TPSA) is 9.23 Å². The van der Waals surface area contributed by atoms with Crippen LogP contribution in [0.3, 0.4) is 0 Å². The van der Waals surface area contributed by atoms with Gasteiger partial charge < -0.3 is 0 Å². The van der Waals surface area contributed by atoms with Gasteiger partial charge in [0, 0.05) is 0 Å². The molecule has 2 rings (SSSR count). The monoisotopic (exact) mass is 350 g/mol. The molecule has 0 spiro atoms. The molecule has 2 aliphatic carbocycles. The van der Waals surface area contributed by atoms with Crippen LogP contribution in [0.1, 0.15) is 40.0 Å². The van der Waals surface area contributed by atoms with E-state index in [1.54, 1.807) is 3.59 Å². The molecule has 1 unspecified atom stereocenters. The van der Waals surface area contributed by atoms with Crippen molar-refractivity contribution in [3.8, 4) is 0 Å². The van der Waals surface area contributed by atoms with Gasteiger partial charge in [-0.1, -0.05) is 0 Å². The van der Waals surface area contributed by atoms with E-state index >= 15 is 0 Å². The van der Waals surface area contributed by atoms with Crippen molar-refractivity contribution < 1.29 is 4.74 Å². The zero-order valence-electron chi connectivity index (χ0n) is 11.6. The van der Waals surface area contributed by atoms with Gasteiger partial charge in [-0.2, -0.15) is 0 Å². The summed E-state index contributed by atoms with van der Waals surface area (Å²) in [5, 5.41) is 0. The molecule has 96 valence electrons. The first-order valence-corrected chi connectivity index (χ1v) is 8.34. The Morgan fingerprint density at radius 2 is 2.17 bits per heavy atom. The third-order valence-corrected chi connectivity index (χ3v) is 5.39. The molecule has 0 bridgehead atoms. The normalized spacial score (nSPS) is 27.3. The number of allylic oxidation sites excluding steroid dienone is 5. The van der Waals surface area contributed by atoms with Crippen molar-refractivity contribution in [1.29, 1.82) is 0 Å². The van der Waals surface area contributed by atoms with E-state index in [1.165, 1.54) is 33.7 Å². The molecule has 2 aliphatic rings. The summed E-state index contributed by atoms with van der Waals surface area (Å²) in [7, 11) is 0. The molecule has 2 radical (unpaired) electrons. The Kier molecular flexibility index (Phi) is 4.54. The third kappa shape index (κ3) is 3.00. The molecule has 0 aromatic heterocycles. The minimum absolute atomic E-state index is 0.110. The molecular weight excluding hydrogens is 327 g/mol. The molecule has 0 saturated heterocycles. The number of hydrogen-bond acceptors (Lipinski definition) is 1. The Balaban J connectivity index is 2.26. The molecule has 0 fully saturated rings. The summed E-state index contributed by atoms with van der Waals surface area (Å²) in [6.07, 6.45) is 14.6. The van der Waals surface area contributed by atoms with Gasteiger partial charge in [0.15, 0.2) is 0 Å². The zero-order valence-corrected chi connectivity index (χ0v) is 14.9. The molecule has 0 saturated carbocycles. The van der Waals surface area contributed by atoms with E-state index in [2.05, 4.69) is 51.2 Å². The summed E-state index contributed by atoms with van der Waals surface area (Å²) < 4.78 is 7.95. The number of rotatable bonds is 4. The molecule has 0 aliphatic heterocycles. The summed E-state index contributed by atoms with van der Waals surface area (Å²) in [6.45, 7) is 6.47. The van der Waals surface area contributed by atoms with E-state index in [0.717, 1.165) is 19.3 Å². The molecule has 2 heteroatoms. The van der Waals surface area contributed by atoms with Gasteiger partial charge in [0.25, 0.3) is 0 Å². The predicted molar refractivity (Wildman–Crippen MR) is 79.0 cm³/mol. The van der Waals surface area contributed by atoms with Crippen LogP contribution in [0.25, 0.3) is 0 Å². The number of ether oxygens (including phenoxy) is 1. The van der Waals surface area contributed by atoms with Crippen LogP contribution in [0.15, 0.2) is 45.1 Å². The van der Waals surface area contributed by atoms with Crippen LogP contribution in [-0.4, -0.2) is 34.2 Å². The van der Waals surface area contributed by atoms with E-state index in [0.29, 0.717) is 0 Å². The Morgan fingerprint density at radius 1 is 1.39 bits per heavy atom. The second kappa shape index (κ2) is 5.79. The molecule has 1 nitrogen and oxygen atoms in total. The maximum atomic E-state index is 6.33. The van der Waals surface area contributed by atoms with E-state index in [1.807, 2.05) is 0 Å². The fourth-order valence-electron chi connectivity index (χ4n) is 2.68. The summed E-state index contributed by atoms with van der Waals surface area (Å²) in [4.78, 5) is 0. The first-order valence-electron chi connectivity index (χ1n) is 6.69. The average Bonchev–Trinajstić information content (AvgIpc) is 2.68. The van der Waals surface area contributed by atoms with Crippen molar-refractivity contribution in [2.45, 2.75) is 51.7 Å². The van der Waals surface area contributed by atoms with Crippen LogP contribution >= 0.6 is 0 Å². The standard InChI is InChI=1S/C16H21O.Sn.H/c1-13(2)17-16(11-7-6-8-14(16)3)12-15-9-4-5-10-15;;/h4,6-9,13H,5,11-12H2,1-3H3;;. The van der Waals surface area contributed by atoms with Gasteiger partial charge in [-0.3, -0.25) is 0 Å². The predicted octanol–water partition coefficient (Wildman–Crippen LogP) is 3.56. The van der Waals surface area contributed by atoms with E-state index < -0.39 is 0 Å². The van der Waals surface area contributed by atoms with Crippen molar-refractivity contribution in [2.75, 3.05) is 0 Å². The Bertz CT molecular complexity index is 440. The van der Waals surface area contributed by atoms with Crippen LogP contribution in [-0.2, 0) is 4.74 Å². The molecule has 0 N–H and O–H groups in total. The Hall–Kier alpha value is -0.281. The third-order valence-electron chi connectivity index (χ3n) is 3.66. The summed E-state index contributed by atoms with van der Waals surface area (Å²) in [6, 6.07) is 0. The fraction of sp³-hybridized carbons (Fsp3) is 0.500. The van der Waals surface area contributed by atoms with Crippen molar-refractivity contribution in [2.24, 2.45) is 0 Å². The van der Waals surface area contributed by atoms with Gasteiger partial charge in [0.05, 0.1) is 0 Å². The Labute approximate surface area is 124 Å². The van der Waals surface area contributed by atoms with E-state index in [9.17, 15) is 0 Å². The van der Waals surface area contributed by atoms with Gasteiger partial charge in [0.1, 0.15) is 0 Å². The molecule has 0 aromatic rings. The van der Waals surface area contributed by atoms with Crippen molar-refractivity contribution in [3.63, 3.8) is 0 Å². The summed E-state index contributed by atoms with van der Waals surface area (Å²) >= 11 is 1.24. The Morgan fingerprint density at radius 3 is 2.72 bits per heavy atom. The van der Waals surface area contributed by atoms with E-state index in [-0.39, 0.29) is 11.7 Å².